The van der Waals surface area contributed by atoms with Gasteiger partial charge in [0.1, 0.15) is 0 Å². The number of amidine groups is 1. The van der Waals surface area contributed by atoms with Gasteiger partial charge in [-0.05, 0) is 0 Å². The first-order chi connectivity index (χ1) is 6.45. The van der Waals surface area contributed by atoms with Gasteiger partial charge in [-0.15, -0.1) is 0 Å². The predicted octanol–water partition coefficient (Wildman–Crippen LogP) is 1.78. The van der Waals surface area contributed by atoms with Gasteiger partial charge in [0, 0.05) is 0 Å². The van der Waals surface area contributed by atoms with Crippen molar-refractivity contribution in [3.05, 3.63) is 11.6 Å². The number of rotatable bonds is 2. The number of amides is 2. The second-order valence-corrected chi connectivity index (χ2v) is 5.33. The second kappa shape index (κ2) is 6.42. The van der Waals surface area contributed by atoms with Crippen LogP contribution in [0, 0.1) is 5.41 Å². The fraction of sp³-hybridized carbons (Fsp3) is 0.375. The third-order valence-corrected chi connectivity index (χ3v) is 2.83. The van der Waals surface area contributed by atoms with E-state index in [-0.39, 0.29) is 11.9 Å². The Morgan fingerprint density at radius 3 is 2.29 bits per heavy atom. The molecule has 0 fully saturated rings. The summed E-state index contributed by atoms with van der Waals surface area (Å²) in [7, 11) is 0. The molecule has 6 heteroatoms. The van der Waals surface area contributed by atoms with Crippen LogP contribution in [0.25, 0.3) is 0 Å². The molecule has 0 saturated carbocycles. The zero-order chi connectivity index (χ0) is 11.3. The van der Waals surface area contributed by atoms with Crippen molar-refractivity contribution in [3.8, 4) is 0 Å². The van der Waals surface area contributed by atoms with Gasteiger partial charge in [-0.2, -0.15) is 0 Å². The van der Waals surface area contributed by atoms with Gasteiger partial charge in [-0.3, -0.25) is 0 Å². The average molecular weight is 533 g/mol. The first-order valence-electron chi connectivity index (χ1n) is 3.85. The van der Waals surface area contributed by atoms with Crippen LogP contribution in [-0.2, 0) is 39.0 Å². The van der Waals surface area contributed by atoms with Gasteiger partial charge in [-0.25, -0.2) is 0 Å². The predicted molar refractivity (Wildman–Crippen MR) is 47.5 cm³/mol. The fourth-order valence-corrected chi connectivity index (χ4v) is 1.64. The summed E-state index contributed by atoms with van der Waals surface area (Å²) < 4.78 is 4.48. The molecule has 4 nitrogen and oxygen atoms in total. The Labute approximate surface area is 105 Å². The summed E-state index contributed by atoms with van der Waals surface area (Å²) in [5.41, 5.74) is 0.776. The van der Waals surface area contributed by atoms with Crippen molar-refractivity contribution in [1.82, 2.24) is 4.90 Å². The molecule has 0 radical (unpaired) electrons. The van der Waals surface area contributed by atoms with Crippen LogP contribution >= 0.6 is 0 Å². The zero-order valence-corrected chi connectivity index (χ0v) is 14.1. The summed E-state index contributed by atoms with van der Waals surface area (Å²) in [6.07, 6.45) is 1.81. The Balaban J connectivity index is 5.04. The molecule has 0 saturated heterocycles. The molecule has 76 valence electrons. The third kappa shape index (κ3) is 3.59. The average Bonchev–Trinajstić information content (AvgIpc) is 2.15. The van der Waals surface area contributed by atoms with Crippen LogP contribution in [0.1, 0.15) is 20.8 Å². The van der Waals surface area contributed by atoms with Crippen LogP contribution in [0.2, 0.25) is 0 Å². The molecule has 0 aliphatic rings. The summed E-state index contributed by atoms with van der Waals surface area (Å²) in [6, 6.07) is -0.348. The fourth-order valence-electron chi connectivity index (χ4n) is 0.742. The van der Waals surface area contributed by atoms with Crippen molar-refractivity contribution in [3.63, 3.8) is 0 Å². The molecular weight excluding hydrogens is 522 g/mol. The number of hydrogen-bond acceptors (Lipinski definition) is 2. The molecule has 0 heterocycles. The van der Waals surface area contributed by atoms with E-state index in [9.17, 15) is 4.79 Å². The van der Waals surface area contributed by atoms with Crippen LogP contribution in [0.3, 0.4) is 0 Å². The molecule has 2 amide bonds. The Bertz CT molecular complexity index is 323. The first kappa shape index (κ1) is 13.9. The van der Waals surface area contributed by atoms with E-state index in [0.717, 1.165) is 29.2 Å². The van der Waals surface area contributed by atoms with Gasteiger partial charge in [0.25, 0.3) is 0 Å². The summed E-state index contributed by atoms with van der Waals surface area (Å²) >= 11 is 2.03. The van der Waals surface area contributed by atoms with Gasteiger partial charge in [-0.1, -0.05) is 0 Å². The topological polar surface area (TPSA) is 56.5 Å². The molecule has 0 aromatic heterocycles. The quantitative estimate of drug-likeness (QED) is 0.428. The van der Waals surface area contributed by atoms with Crippen LogP contribution in [0.15, 0.2) is 15.1 Å². The minimum atomic E-state index is -0.348. The Morgan fingerprint density at radius 1 is 1.50 bits per heavy atom. The van der Waals surface area contributed by atoms with E-state index >= 15 is 0 Å². The Morgan fingerprint density at radius 2 is 2.00 bits per heavy atom. The summed E-state index contributed by atoms with van der Waals surface area (Å²) in [5.74, 6) is 0.218. The van der Waals surface area contributed by atoms with E-state index < -0.39 is 0 Å². The number of carbonyl (C=O) groups excluding carboxylic acids is 1. The molecule has 0 spiro atoms. The summed E-state index contributed by atoms with van der Waals surface area (Å²) in [4.78, 5) is 12.8. The van der Waals surface area contributed by atoms with Gasteiger partial charge in [0.15, 0.2) is 0 Å². The minimum absolute atomic E-state index is 0.218. The molecule has 0 aliphatic heterocycles. The van der Waals surface area contributed by atoms with Gasteiger partial charge in [0.05, 0.1) is 0 Å². The molecular formula is C8H11N3OW2. The van der Waals surface area contributed by atoms with E-state index in [1.54, 1.807) is 0 Å². The summed E-state index contributed by atoms with van der Waals surface area (Å²) in [5, 5.41) is 7.79. The maximum absolute atomic E-state index is 11.4. The molecule has 0 aromatic carbocycles. The molecule has 0 bridgehead atoms. The van der Waals surface area contributed by atoms with Crippen molar-refractivity contribution < 1.29 is 43.8 Å². The molecule has 0 rings (SSSR count). The number of hydrogen-bond donors (Lipinski definition) is 1. The maximum atomic E-state index is 11.4. The van der Waals surface area contributed by atoms with Gasteiger partial charge in [0.2, 0.25) is 0 Å². The molecule has 0 unspecified atom stereocenters. The van der Waals surface area contributed by atoms with Crippen molar-refractivity contribution in [1.29, 1.82) is 5.41 Å². The number of urea groups is 1. The van der Waals surface area contributed by atoms with E-state index in [4.69, 9.17) is 5.41 Å². The van der Waals surface area contributed by atoms with E-state index in [0.29, 0.717) is 0 Å². The molecule has 0 aromatic rings. The van der Waals surface area contributed by atoms with Gasteiger partial charge >= 0.3 is 106 Å². The normalized spacial score (nSPS) is 10.6. The van der Waals surface area contributed by atoms with Crippen molar-refractivity contribution in [2.45, 2.75) is 20.8 Å². The second-order valence-electron chi connectivity index (χ2n) is 2.55. The monoisotopic (exact) mass is 533 g/mol. The number of carbonyl (C=O) groups is 1. The standard InChI is InChI=1S/C8H11N3O.2W/c1-4-6(3)7(9)11(5-2)8(10)12;;/h4,9H,1-3H3;;. The number of nitrogens with zero attached hydrogens (tertiary/aromatic N) is 2. The van der Waals surface area contributed by atoms with Gasteiger partial charge < -0.3 is 0 Å². The Kier molecular flexibility index (Phi) is 6.38. The zero-order valence-electron chi connectivity index (χ0n) is 8.20. The number of allylic oxidation sites excluding steroid dienone is 1. The van der Waals surface area contributed by atoms with Crippen molar-refractivity contribution >= 4 is 15.9 Å². The van der Waals surface area contributed by atoms with E-state index in [2.05, 4.69) is 3.50 Å². The Hall–Kier alpha value is -0.0734. The van der Waals surface area contributed by atoms with Crippen molar-refractivity contribution in [2.75, 3.05) is 0 Å². The third-order valence-electron chi connectivity index (χ3n) is 1.61. The van der Waals surface area contributed by atoms with Crippen LogP contribution in [0.5, 0.6) is 0 Å². The van der Waals surface area contributed by atoms with E-state index in [1.807, 2.05) is 26.8 Å². The SMILES string of the molecule is CC=C(C)C(=N)N(C(=O)[N]=[W])[C](C)=[W]. The van der Waals surface area contributed by atoms with Crippen molar-refractivity contribution in [2.24, 2.45) is 3.50 Å². The van der Waals surface area contributed by atoms with Crippen LogP contribution in [-0.4, -0.2) is 20.8 Å². The first-order valence-corrected chi connectivity index (χ1v) is 6.63. The molecule has 1 N–H and O–H groups in total. The van der Waals surface area contributed by atoms with E-state index in [1.165, 1.54) is 24.3 Å². The van der Waals surface area contributed by atoms with Crippen LogP contribution in [0.4, 0.5) is 4.79 Å². The van der Waals surface area contributed by atoms with Crippen LogP contribution < -0.4 is 0 Å². The molecule has 0 atom stereocenters. The molecule has 14 heavy (non-hydrogen) atoms. The molecule has 0 aliphatic carbocycles. The number of nitrogens with one attached hydrogen (secondary N) is 1. The summed E-state index contributed by atoms with van der Waals surface area (Å²) in [6.45, 7) is 5.48.